The van der Waals surface area contributed by atoms with Crippen molar-refractivity contribution in [3.8, 4) is 16.5 Å². The second kappa shape index (κ2) is 10.0. The summed E-state index contributed by atoms with van der Waals surface area (Å²) in [6.07, 6.45) is 0.959. The lowest BCUT2D eigenvalue weighted by atomic mass is 10.2. The third kappa shape index (κ3) is 5.40. The van der Waals surface area contributed by atoms with Crippen LogP contribution in [0.1, 0.15) is 24.8 Å². The Hall–Kier alpha value is -2.71. The maximum Gasteiger partial charge on any atom is 0.275 e. The minimum absolute atomic E-state index is 0.0210. The van der Waals surface area contributed by atoms with E-state index < -0.39 is 0 Å². The van der Waals surface area contributed by atoms with Crippen molar-refractivity contribution in [2.75, 3.05) is 20.2 Å². The third-order valence-electron chi connectivity index (χ3n) is 4.28. The Morgan fingerprint density at radius 1 is 1.25 bits per heavy atom. The Morgan fingerprint density at radius 2 is 2.11 bits per heavy atom. The van der Waals surface area contributed by atoms with Gasteiger partial charge in [0.2, 0.25) is 0 Å². The molecule has 28 heavy (non-hydrogen) atoms. The van der Waals surface area contributed by atoms with E-state index in [2.05, 4.69) is 22.4 Å². The van der Waals surface area contributed by atoms with E-state index in [9.17, 15) is 4.79 Å². The van der Waals surface area contributed by atoms with Gasteiger partial charge in [0.25, 0.3) is 17.7 Å². The van der Waals surface area contributed by atoms with Crippen LogP contribution in [0.5, 0.6) is 5.75 Å². The maximum atomic E-state index is 12.4. The molecule has 0 aliphatic rings. The van der Waals surface area contributed by atoms with E-state index in [1.807, 2.05) is 41.8 Å². The molecule has 1 unspecified atom stereocenters. The Labute approximate surface area is 168 Å². The quantitative estimate of drug-likeness (QED) is 0.542. The summed E-state index contributed by atoms with van der Waals surface area (Å²) in [6, 6.07) is 11.6. The summed E-state index contributed by atoms with van der Waals surface area (Å²) in [5, 5.41) is 13.2. The van der Waals surface area contributed by atoms with E-state index in [0.29, 0.717) is 31.4 Å². The molecule has 0 saturated heterocycles. The van der Waals surface area contributed by atoms with Crippen LogP contribution in [0.2, 0.25) is 0 Å². The number of hydrogen-bond donors (Lipinski definition) is 2. The monoisotopic (exact) mass is 401 g/mol. The summed E-state index contributed by atoms with van der Waals surface area (Å²) < 4.78 is 11.1. The summed E-state index contributed by atoms with van der Waals surface area (Å²) in [4.78, 5) is 14.5. The van der Waals surface area contributed by atoms with Crippen molar-refractivity contribution in [3.63, 3.8) is 0 Å². The number of quaternary nitrogens is 1. The van der Waals surface area contributed by atoms with Crippen LogP contribution >= 0.6 is 11.3 Å². The van der Waals surface area contributed by atoms with E-state index >= 15 is 0 Å². The molecule has 0 fully saturated rings. The van der Waals surface area contributed by atoms with Crippen LogP contribution in [-0.4, -0.2) is 36.3 Å². The molecule has 2 N–H and O–H groups in total. The second-order valence-electron chi connectivity index (χ2n) is 6.42. The lowest BCUT2D eigenvalue weighted by Gasteiger charge is -2.17. The van der Waals surface area contributed by atoms with Crippen molar-refractivity contribution >= 4 is 17.2 Å². The lowest BCUT2D eigenvalue weighted by molar-refractivity contribution is -0.907. The van der Waals surface area contributed by atoms with Crippen LogP contribution in [0, 0.1) is 0 Å². The number of nitrogens with one attached hydrogen (secondary N) is 2. The molecule has 1 atom stereocenters. The van der Waals surface area contributed by atoms with E-state index in [1.54, 1.807) is 18.4 Å². The zero-order valence-corrected chi connectivity index (χ0v) is 16.9. The Bertz CT molecular complexity index is 879. The number of nitrogens with zero attached hydrogens (tertiary/aromatic N) is 2. The van der Waals surface area contributed by atoms with E-state index in [4.69, 9.17) is 9.15 Å². The summed E-state index contributed by atoms with van der Waals surface area (Å²) in [7, 11) is 1.63. The molecule has 0 saturated carbocycles. The van der Waals surface area contributed by atoms with Gasteiger partial charge >= 0.3 is 0 Å². The molecule has 1 amide bonds. The van der Waals surface area contributed by atoms with Gasteiger partial charge in [0, 0.05) is 12.1 Å². The molecule has 0 bridgehead atoms. The number of carbonyl (C=O) groups is 1. The normalized spacial score (nSPS) is 11.9. The van der Waals surface area contributed by atoms with Gasteiger partial charge in [-0.2, -0.15) is 0 Å². The summed E-state index contributed by atoms with van der Waals surface area (Å²) in [6.45, 7) is 4.25. The molecule has 0 aliphatic heterocycles. The first-order valence-electron chi connectivity index (χ1n) is 9.28. The van der Waals surface area contributed by atoms with Crippen molar-refractivity contribution in [2.24, 2.45) is 0 Å². The molecular formula is C20H25N4O3S+. The average molecular weight is 402 g/mol. The Balaban J connectivity index is 1.56. The van der Waals surface area contributed by atoms with Crippen LogP contribution < -0.4 is 15.0 Å². The van der Waals surface area contributed by atoms with Gasteiger partial charge in [-0.1, -0.05) is 31.2 Å². The predicted octanol–water partition coefficient (Wildman–Crippen LogP) is 1.92. The van der Waals surface area contributed by atoms with Crippen molar-refractivity contribution in [1.82, 2.24) is 15.5 Å². The minimum Gasteiger partial charge on any atom is -0.496 e. The topological polar surface area (TPSA) is 81.7 Å². The van der Waals surface area contributed by atoms with Gasteiger partial charge in [-0.25, -0.2) is 0 Å². The van der Waals surface area contributed by atoms with E-state index in [0.717, 1.165) is 34.1 Å². The van der Waals surface area contributed by atoms with Gasteiger partial charge in [-0.05, 0) is 23.9 Å². The van der Waals surface area contributed by atoms with Gasteiger partial charge < -0.3 is 19.4 Å². The number of thiophene rings is 1. The first-order chi connectivity index (χ1) is 13.7. The van der Waals surface area contributed by atoms with Crippen LogP contribution in [0.3, 0.4) is 0 Å². The standard InChI is InChI=1S/C20H24N4O3S/c1-3-10-24(14-19-22-23-20(27-19)17-9-6-11-28-17)13-18(25)21-12-15-7-4-5-8-16(15)26-2/h4-9,11H,3,10,12-14H2,1-2H3,(H,21,25)/p+1. The third-order valence-corrected chi connectivity index (χ3v) is 5.14. The number of para-hydroxylation sites is 1. The van der Waals surface area contributed by atoms with Gasteiger partial charge in [-0.15, -0.1) is 21.5 Å². The maximum absolute atomic E-state index is 12.4. The molecule has 7 nitrogen and oxygen atoms in total. The molecular weight excluding hydrogens is 376 g/mol. The molecule has 3 aromatic rings. The molecule has 0 spiro atoms. The first-order valence-corrected chi connectivity index (χ1v) is 10.2. The number of ether oxygens (including phenoxy) is 1. The average Bonchev–Trinajstić information content (AvgIpc) is 3.38. The van der Waals surface area contributed by atoms with Crippen LogP contribution in [0.15, 0.2) is 46.2 Å². The summed E-state index contributed by atoms with van der Waals surface area (Å²) >= 11 is 1.56. The number of amides is 1. The van der Waals surface area contributed by atoms with Crippen molar-refractivity contribution in [2.45, 2.75) is 26.4 Å². The van der Waals surface area contributed by atoms with Crippen molar-refractivity contribution < 1.29 is 18.8 Å². The molecule has 2 heterocycles. The Kier molecular flexibility index (Phi) is 7.16. The van der Waals surface area contributed by atoms with Gasteiger partial charge in [0.1, 0.15) is 5.75 Å². The van der Waals surface area contributed by atoms with E-state index in [1.165, 1.54) is 0 Å². The zero-order valence-electron chi connectivity index (χ0n) is 16.1. The smallest absolute Gasteiger partial charge is 0.275 e. The van der Waals surface area contributed by atoms with E-state index in [-0.39, 0.29) is 5.91 Å². The lowest BCUT2D eigenvalue weighted by Crippen LogP contribution is -3.12. The molecule has 0 aliphatic carbocycles. The first kappa shape index (κ1) is 20.0. The van der Waals surface area contributed by atoms with Crippen LogP contribution in [0.4, 0.5) is 0 Å². The fraction of sp³-hybridized carbons (Fsp3) is 0.350. The fourth-order valence-electron chi connectivity index (χ4n) is 2.96. The fourth-order valence-corrected chi connectivity index (χ4v) is 3.61. The predicted molar refractivity (Wildman–Crippen MR) is 107 cm³/mol. The van der Waals surface area contributed by atoms with Crippen LogP contribution in [-0.2, 0) is 17.9 Å². The van der Waals surface area contributed by atoms with Crippen molar-refractivity contribution in [3.05, 3.63) is 53.2 Å². The molecule has 8 heteroatoms. The number of hydrogen-bond acceptors (Lipinski definition) is 6. The summed E-state index contributed by atoms with van der Waals surface area (Å²) in [5.74, 6) is 1.82. The van der Waals surface area contributed by atoms with Gasteiger partial charge in [-0.3, -0.25) is 4.79 Å². The molecule has 2 aromatic heterocycles. The highest BCUT2D eigenvalue weighted by molar-refractivity contribution is 7.13. The van der Waals surface area contributed by atoms with Gasteiger partial charge in [0.15, 0.2) is 13.1 Å². The molecule has 1 aromatic carbocycles. The number of benzene rings is 1. The highest BCUT2D eigenvalue weighted by atomic mass is 32.1. The summed E-state index contributed by atoms with van der Waals surface area (Å²) in [5.41, 5.74) is 0.952. The number of methoxy groups -OCH3 is 1. The van der Waals surface area contributed by atoms with Gasteiger partial charge in [0.05, 0.1) is 18.5 Å². The van der Waals surface area contributed by atoms with Crippen LogP contribution in [0.25, 0.3) is 10.8 Å². The number of rotatable bonds is 10. The number of carbonyl (C=O) groups excluding carboxylic acids is 1. The largest absolute Gasteiger partial charge is 0.496 e. The SMILES string of the molecule is CCC[NH+](CC(=O)NCc1ccccc1OC)Cc1nnc(-c2cccs2)o1. The zero-order chi connectivity index (χ0) is 19.8. The molecule has 3 rings (SSSR count). The molecule has 0 radical (unpaired) electrons. The molecule has 148 valence electrons. The van der Waals surface area contributed by atoms with Crippen molar-refractivity contribution in [1.29, 1.82) is 0 Å². The Morgan fingerprint density at radius 3 is 2.86 bits per heavy atom. The second-order valence-corrected chi connectivity index (χ2v) is 7.37. The number of aromatic nitrogens is 2. The highest BCUT2D eigenvalue weighted by Gasteiger charge is 2.19. The minimum atomic E-state index is -0.0210. The highest BCUT2D eigenvalue weighted by Crippen LogP contribution is 2.22.